The molecular weight excluding hydrogens is 332 g/mol. The van der Waals surface area contributed by atoms with E-state index in [1.54, 1.807) is 12.4 Å². The lowest BCUT2D eigenvalue weighted by Gasteiger charge is -2.38. The molecule has 0 saturated heterocycles. The van der Waals surface area contributed by atoms with Crippen molar-refractivity contribution in [2.45, 2.75) is 51.8 Å². The summed E-state index contributed by atoms with van der Waals surface area (Å²) >= 11 is 0. The maximum atomic E-state index is 12.5. The highest BCUT2D eigenvalue weighted by Gasteiger charge is 2.34. The second-order valence-electron chi connectivity index (χ2n) is 7.03. The van der Waals surface area contributed by atoms with Crippen LogP contribution >= 0.6 is 0 Å². The van der Waals surface area contributed by atoms with Gasteiger partial charge in [-0.15, -0.1) is 0 Å². The molecule has 0 bridgehead atoms. The average molecular weight is 356 g/mol. The molecule has 2 aromatic heterocycles. The molecule has 0 radical (unpaired) electrons. The number of aliphatic hydroxyl groups excluding tert-OH is 1. The lowest BCUT2D eigenvalue weighted by molar-refractivity contribution is -0.123. The highest BCUT2D eigenvalue weighted by atomic mass is 16.3. The molecule has 1 aliphatic rings. The number of hydrogen-bond acceptors (Lipinski definition) is 5. The Kier molecular flexibility index (Phi) is 5.46. The zero-order valence-electron chi connectivity index (χ0n) is 15.1. The first kappa shape index (κ1) is 18.3. The Morgan fingerprint density at radius 1 is 1.35 bits per heavy atom. The van der Waals surface area contributed by atoms with Crippen molar-refractivity contribution in [2.24, 2.45) is 5.92 Å². The average Bonchev–Trinajstić information content (AvgIpc) is 2.57. The number of nitrogens with one attached hydrogen (secondary N) is 1. The molecule has 7 nitrogen and oxygen atoms in total. The second kappa shape index (κ2) is 7.78. The fourth-order valence-corrected chi connectivity index (χ4v) is 3.24. The summed E-state index contributed by atoms with van der Waals surface area (Å²) in [6, 6.07) is 5.25. The molecule has 0 aromatic carbocycles. The first-order chi connectivity index (χ1) is 12.4. The Labute approximate surface area is 152 Å². The van der Waals surface area contributed by atoms with E-state index in [1.807, 2.05) is 26.0 Å². The highest BCUT2D eigenvalue weighted by Crippen LogP contribution is 2.31. The number of amides is 1. The van der Waals surface area contributed by atoms with Crippen molar-refractivity contribution in [3.8, 4) is 0 Å². The number of carbonyl (C=O) groups is 1. The minimum absolute atomic E-state index is 0.0875. The van der Waals surface area contributed by atoms with Crippen LogP contribution in [0.25, 0.3) is 0 Å². The van der Waals surface area contributed by atoms with Gasteiger partial charge in [0.05, 0.1) is 11.8 Å². The van der Waals surface area contributed by atoms with E-state index in [4.69, 9.17) is 0 Å². The SMILES string of the molecule is Cc1cc(=O)n(CC(=O)NC(Cc2ccncc2)C2CC(O)C2)nc1C. The Balaban J connectivity index is 1.69. The zero-order chi connectivity index (χ0) is 18.7. The number of carbonyl (C=O) groups excluding carboxylic acids is 1. The van der Waals surface area contributed by atoms with Gasteiger partial charge in [0.1, 0.15) is 6.54 Å². The normalized spacial score (nSPS) is 20.3. The van der Waals surface area contributed by atoms with E-state index in [9.17, 15) is 14.7 Å². The van der Waals surface area contributed by atoms with Crippen molar-refractivity contribution in [2.75, 3.05) is 0 Å². The summed E-state index contributed by atoms with van der Waals surface area (Å²) in [5, 5.41) is 16.8. The quantitative estimate of drug-likeness (QED) is 0.796. The van der Waals surface area contributed by atoms with Gasteiger partial charge < -0.3 is 10.4 Å². The van der Waals surface area contributed by atoms with E-state index >= 15 is 0 Å². The number of nitrogens with zero attached hydrogens (tertiary/aromatic N) is 3. The summed E-state index contributed by atoms with van der Waals surface area (Å²) in [5.41, 5.74) is 2.33. The summed E-state index contributed by atoms with van der Waals surface area (Å²) < 4.78 is 1.19. The molecule has 0 spiro atoms. The van der Waals surface area contributed by atoms with Crippen LogP contribution in [-0.2, 0) is 17.8 Å². The Hall–Kier alpha value is -2.54. The summed E-state index contributed by atoms with van der Waals surface area (Å²) in [7, 11) is 0. The van der Waals surface area contributed by atoms with Crippen LogP contribution in [-0.4, -0.2) is 37.9 Å². The molecule has 138 valence electrons. The minimum Gasteiger partial charge on any atom is -0.393 e. The summed E-state index contributed by atoms with van der Waals surface area (Å²) in [6.45, 7) is 3.52. The van der Waals surface area contributed by atoms with Crippen molar-refractivity contribution in [1.29, 1.82) is 0 Å². The van der Waals surface area contributed by atoms with Gasteiger partial charge in [0.15, 0.2) is 0 Å². The monoisotopic (exact) mass is 356 g/mol. The smallest absolute Gasteiger partial charge is 0.267 e. The van der Waals surface area contributed by atoms with E-state index in [0.717, 1.165) is 16.8 Å². The van der Waals surface area contributed by atoms with Crippen molar-refractivity contribution >= 4 is 5.91 Å². The molecule has 2 heterocycles. The van der Waals surface area contributed by atoms with Crippen molar-refractivity contribution in [3.05, 3.63) is 57.8 Å². The lowest BCUT2D eigenvalue weighted by atomic mass is 9.75. The predicted octanol–water partition coefficient (Wildman–Crippen LogP) is 0.754. The van der Waals surface area contributed by atoms with Crippen molar-refractivity contribution in [1.82, 2.24) is 20.1 Å². The van der Waals surface area contributed by atoms with Crippen LogP contribution in [0.3, 0.4) is 0 Å². The highest BCUT2D eigenvalue weighted by molar-refractivity contribution is 5.76. The van der Waals surface area contributed by atoms with E-state index < -0.39 is 0 Å². The van der Waals surface area contributed by atoms with Crippen LogP contribution in [0, 0.1) is 19.8 Å². The van der Waals surface area contributed by atoms with Gasteiger partial charge in [-0.05, 0) is 62.3 Å². The first-order valence-corrected chi connectivity index (χ1v) is 8.84. The molecule has 1 saturated carbocycles. The third-order valence-corrected chi connectivity index (χ3v) is 5.00. The molecule has 26 heavy (non-hydrogen) atoms. The molecular formula is C19H24N4O3. The van der Waals surface area contributed by atoms with E-state index in [-0.39, 0.29) is 36.1 Å². The molecule has 2 aromatic rings. The molecule has 1 amide bonds. The van der Waals surface area contributed by atoms with Crippen LogP contribution in [0.5, 0.6) is 0 Å². The number of aryl methyl sites for hydroxylation is 2. The number of rotatable bonds is 6. The van der Waals surface area contributed by atoms with Gasteiger partial charge in [-0.3, -0.25) is 14.6 Å². The van der Waals surface area contributed by atoms with Gasteiger partial charge in [0, 0.05) is 24.5 Å². The molecule has 7 heteroatoms. The fourth-order valence-electron chi connectivity index (χ4n) is 3.24. The van der Waals surface area contributed by atoms with Crippen molar-refractivity contribution in [3.63, 3.8) is 0 Å². The third kappa shape index (κ3) is 4.35. The largest absolute Gasteiger partial charge is 0.393 e. The fraction of sp³-hybridized carbons (Fsp3) is 0.474. The van der Waals surface area contributed by atoms with Gasteiger partial charge in [0.25, 0.3) is 5.56 Å². The predicted molar refractivity (Wildman–Crippen MR) is 96.6 cm³/mol. The molecule has 1 aliphatic carbocycles. The van der Waals surface area contributed by atoms with Crippen LogP contribution < -0.4 is 10.9 Å². The lowest BCUT2D eigenvalue weighted by Crippen LogP contribution is -2.49. The van der Waals surface area contributed by atoms with Gasteiger partial charge >= 0.3 is 0 Å². The standard InChI is InChI=1S/C19H24N4O3/c1-12-7-19(26)23(22-13(12)2)11-18(25)21-17(15-9-16(24)10-15)8-14-3-5-20-6-4-14/h3-7,15-17,24H,8-11H2,1-2H3,(H,21,25). The molecule has 1 fully saturated rings. The Morgan fingerprint density at radius 2 is 2.04 bits per heavy atom. The Morgan fingerprint density at radius 3 is 2.69 bits per heavy atom. The topological polar surface area (TPSA) is 97.1 Å². The van der Waals surface area contributed by atoms with E-state index in [2.05, 4.69) is 15.4 Å². The van der Waals surface area contributed by atoms with Gasteiger partial charge in [0.2, 0.25) is 5.91 Å². The van der Waals surface area contributed by atoms with E-state index in [0.29, 0.717) is 19.3 Å². The summed E-state index contributed by atoms with van der Waals surface area (Å²) in [5.74, 6) is -0.0187. The number of aromatic nitrogens is 3. The number of aliphatic hydroxyl groups is 1. The number of pyridine rings is 1. The molecule has 1 atom stereocenters. The Bertz CT molecular complexity index is 828. The van der Waals surface area contributed by atoms with Crippen LogP contribution in [0.2, 0.25) is 0 Å². The van der Waals surface area contributed by atoms with Gasteiger partial charge in [-0.2, -0.15) is 5.10 Å². The van der Waals surface area contributed by atoms with Crippen molar-refractivity contribution < 1.29 is 9.90 Å². The van der Waals surface area contributed by atoms with E-state index in [1.165, 1.54) is 10.7 Å². The molecule has 3 rings (SSSR count). The molecule has 1 unspecified atom stereocenters. The third-order valence-electron chi connectivity index (χ3n) is 5.00. The number of hydrogen-bond donors (Lipinski definition) is 2. The minimum atomic E-state index is -0.291. The van der Waals surface area contributed by atoms with Crippen LogP contribution in [0.1, 0.15) is 29.7 Å². The molecule has 0 aliphatic heterocycles. The summed E-state index contributed by atoms with van der Waals surface area (Å²) in [6.07, 6.45) is 5.18. The van der Waals surface area contributed by atoms with Gasteiger partial charge in [-0.1, -0.05) is 0 Å². The summed E-state index contributed by atoms with van der Waals surface area (Å²) in [4.78, 5) is 28.5. The second-order valence-corrected chi connectivity index (χ2v) is 7.03. The zero-order valence-corrected chi connectivity index (χ0v) is 15.1. The van der Waals surface area contributed by atoms with Crippen LogP contribution in [0.4, 0.5) is 0 Å². The maximum Gasteiger partial charge on any atom is 0.267 e. The van der Waals surface area contributed by atoms with Crippen LogP contribution in [0.15, 0.2) is 35.4 Å². The van der Waals surface area contributed by atoms with Gasteiger partial charge in [-0.25, -0.2) is 4.68 Å². The molecule has 2 N–H and O–H groups in total. The maximum absolute atomic E-state index is 12.5. The first-order valence-electron chi connectivity index (χ1n) is 8.84.